The maximum Gasteiger partial charge on any atom is 0.123 e. The standard InChI is InChI=1S/C12H17FN2/c1-15(9-10-6-7-14-8-10)12-4-2-11(13)3-5-12/h2-5,10,14H,6-9H2,1H3. The lowest BCUT2D eigenvalue weighted by molar-refractivity contribution is 0.577. The summed E-state index contributed by atoms with van der Waals surface area (Å²) in [5, 5.41) is 3.35. The summed E-state index contributed by atoms with van der Waals surface area (Å²) in [6.45, 7) is 3.27. The van der Waals surface area contributed by atoms with Gasteiger partial charge < -0.3 is 10.2 Å². The first-order chi connectivity index (χ1) is 7.25. The number of benzene rings is 1. The first kappa shape index (κ1) is 10.4. The molecule has 0 saturated carbocycles. The first-order valence-electron chi connectivity index (χ1n) is 5.43. The Hall–Kier alpha value is -1.09. The zero-order valence-corrected chi connectivity index (χ0v) is 9.04. The van der Waals surface area contributed by atoms with Crippen molar-refractivity contribution in [3.8, 4) is 0 Å². The van der Waals surface area contributed by atoms with Crippen LogP contribution in [0.15, 0.2) is 24.3 Å². The molecule has 2 rings (SSSR count). The molecule has 0 aliphatic carbocycles. The van der Waals surface area contributed by atoms with Gasteiger partial charge in [-0.15, -0.1) is 0 Å². The Morgan fingerprint density at radius 2 is 2.13 bits per heavy atom. The third kappa shape index (κ3) is 2.69. The molecule has 1 aromatic carbocycles. The summed E-state index contributed by atoms with van der Waals surface area (Å²) in [4.78, 5) is 2.19. The maximum atomic E-state index is 12.7. The number of hydrogen-bond donors (Lipinski definition) is 1. The summed E-state index contributed by atoms with van der Waals surface area (Å²) in [6, 6.07) is 6.69. The van der Waals surface area contributed by atoms with E-state index in [1.165, 1.54) is 18.6 Å². The largest absolute Gasteiger partial charge is 0.374 e. The molecular weight excluding hydrogens is 191 g/mol. The van der Waals surface area contributed by atoms with Crippen LogP contribution in [0.25, 0.3) is 0 Å². The Balaban J connectivity index is 1.94. The van der Waals surface area contributed by atoms with Crippen molar-refractivity contribution in [2.75, 3.05) is 31.6 Å². The van der Waals surface area contributed by atoms with E-state index in [2.05, 4.69) is 17.3 Å². The second kappa shape index (κ2) is 4.62. The Morgan fingerprint density at radius 3 is 2.73 bits per heavy atom. The Bertz CT molecular complexity index is 304. The molecule has 1 unspecified atom stereocenters. The molecule has 0 spiro atoms. The average molecular weight is 208 g/mol. The molecule has 0 radical (unpaired) electrons. The summed E-state index contributed by atoms with van der Waals surface area (Å²) < 4.78 is 12.7. The second-order valence-corrected chi connectivity index (χ2v) is 4.22. The van der Waals surface area contributed by atoms with Crippen molar-refractivity contribution in [2.45, 2.75) is 6.42 Å². The van der Waals surface area contributed by atoms with Crippen molar-refractivity contribution in [1.82, 2.24) is 5.32 Å². The van der Waals surface area contributed by atoms with Crippen LogP contribution < -0.4 is 10.2 Å². The minimum atomic E-state index is -0.172. The molecule has 1 atom stereocenters. The highest BCUT2D eigenvalue weighted by Crippen LogP contribution is 2.16. The highest BCUT2D eigenvalue weighted by molar-refractivity contribution is 5.45. The van der Waals surface area contributed by atoms with Gasteiger partial charge in [0.25, 0.3) is 0 Å². The molecule has 1 heterocycles. The molecule has 2 nitrogen and oxygen atoms in total. The third-order valence-electron chi connectivity index (χ3n) is 2.96. The number of halogens is 1. The van der Waals surface area contributed by atoms with Crippen LogP contribution in [0.5, 0.6) is 0 Å². The fourth-order valence-electron chi connectivity index (χ4n) is 2.06. The zero-order chi connectivity index (χ0) is 10.7. The first-order valence-corrected chi connectivity index (χ1v) is 5.43. The van der Waals surface area contributed by atoms with Gasteiger partial charge in [0.1, 0.15) is 5.82 Å². The molecule has 1 aliphatic rings. The van der Waals surface area contributed by atoms with Gasteiger partial charge in [-0.05, 0) is 49.7 Å². The lowest BCUT2D eigenvalue weighted by atomic mass is 10.1. The van der Waals surface area contributed by atoms with Crippen LogP contribution in [-0.4, -0.2) is 26.7 Å². The van der Waals surface area contributed by atoms with Gasteiger partial charge in [0.2, 0.25) is 0 Å². The van der Waals surface area contributed by atoms with E-state index in [0.29, 0.717) is 0 Å². The zero-order valence-electron chi connectivity index (χ0n) is 9.04. The molecule has 1 N–H and O–H groups in total. The molecule has 1 fully saturated rings. The molecule has 15 heavy (non-hydrogen) atoms. The lowest BCUT2D eigenvalue weighted by Crippen LogP contribution is -2.26. The van der Waals surface area contributed by atoms with E-state index in [1.807, 2.05) is 12.1 Å². The van der Waals surface area contributed by atoms with Crippen LogP contribution in [0.3, 0.4) is 0 Å². The van der Waals surface area contributed by atoms with Crippen LogP contribution in [0.1, 0.15) is 6.42 Å². The van der Waals surface area contributed by atoms with Gasteiger partial charge in [0.15, 0.2) is 0 Å². The summed E-state index contributed by atoms with van der Waals surface area (Å²) in [6.07, 6.45) is 1.24. The van der Waals surface area contributed by atoms with Crippen molar-refractivity contribution in [1.29, 1.82) is 0 Å². The minimum absolute atomic E-state index is 0.172. The van der Waals surface area contributed by atoms with Gasteiger partial charge in [0.05, 0.1) is 0 Å². The lowest BCUT2D eigenvalue weighted by Gasteiger charge is -2.22. The number of anilines is 1. The van der Waals surface area contributed by atoms with Gasteiger partial charge in [0, 0.05) is 19.3 Å². The van der Waals surface area contributed by atoms with Crippen LogP contribution in [0.2, 0.25) is 0 Å². The van der Waals surface area contributed by atoms with Crippen molar-refractivity contribution in [3.05, 3.63) is 30.1 Å². The monoisotopic (exact) mass is 208 g/mol. The van der Waals surface area contributed by atoms with E-state index in [1.54, 1.807) is 0 Å². The molecular formula is C12H17FN2. The maximum absolute atomic E-state index is 12.7. The van der Waals surface area contributed by atoms with E-state index >= 15 is 0 Å². The molecule has 0 bridgehead atoms. The molecule has 0 amide bonds. The third-order valence-corrected chi connectivity index (χ3v) is 2.96. The predicted octanol–water partition coefficient (Wildman–Crippen LogP) is 1.87. The number of rotatable bonds is 3. The van der Waals surface area contributed by atoms with Crippen molar-refractivity contribution in [2.24, 2.45) is 5.92 Å². The Kier molecular flexibility index (Phi) is 3.21. The van der Waals surface area contributed by atoms with E-state index in [0.717, 1.165) is 31.2 Å². The van der Waals surface area contributed by atoms with Crippen molar-refractivity contribution < 1.29 is 4.39 Å². The smallest absolute Gasteiger partial charge is 0.123 e. The van der Waals surface area contributed by atoms with E-state index in [-0.39, 0.29) is 5.82 Å². The highest BCUT2D eigenvalue weighted by Gasteiger charge is 2.16. The van der Waals surface area contributed by atoms with Gasteiger partial charge in [-0.25, -0.2) is 4.39 Å². The molecule has 82 valence electrons. The van der Waals surface area contributed by atoms with Gasteiger partial charge in [-0.1, -0.05) is 0 Å². The summed E-state index contributed by atoms with van der Waals surface area (Å²) in [5.74, 6) is 0.551. The summed E-state index contributed by atoms with van der Waals surface area (Å²) in [7, 11) is 2.06. The topological polar surface area (TPSA) is 15.3 Å². The Morgan fingerprint density at radius 1 is 1.40 bits per heavy atom. The average Bonchev–Trinajstić information content (AvgIpc) is 2.71. The van der Waals surface area contributed by atoms with Crippen LogP contribution >= 0.6 is 0 Å². The number of nitrogens with zero attached hydrogens (tertiary/aromatic N) is 1. The molecule has 1 aromatic rings. The fraction of sp³-hybridized carbons (Fsp3) is 0.500. The summed E-state index contributed by atoms with van der Waals surface area (Å²) in [5.41, 5.74) is 1.09. The van der Waals surface area contributed by atoms with E-state index in [9.17, 15) is 4.39 Å². The fourth-order valence-corrected chi connectivity index (χ4v) is 2.06. The quantitative estimate of drug-likeness (QED) is 0.815. The molecule has 3 heteroatoms. The molecule has 1 saturated heterocycles. The normalized spacial score (nSPS) is 20.5. The predicted molar refractivity (Wildman–Crippen MR) is 60.6 cm³/mol. The van der Waals surface area contributed by atoms with Crippen LogP contribution in [-0.2, 0) is 0 Å². The van der Waals surface area contributed by atoms with Gasteiger partial charge in [-0.2, -0.15) is 0 Å². The van der Waals surface area contributed by atoms with Crippen LogP contribution in [0.4, 0.5) is 10.1 Å². The van der Waals surface area contributed by atoms with Gasteiger partial charge >= 0.3 is 0 Å². The van der Waals surface area contributed by atoms with E-state index < -0.39 is 0 Å². The van der Waals surface area contributed by atoms with Crippen molar-refractivity contribution >= 4 is 5.69 Å². The SMILES string of the molecule is CN(CC1CCNC1)c1ccc(F)cc1. The van der Waals surface area contributed by atoms with Gasteiger partial charge in [-0.3, -0.25) is 0 Å². The number of nitrogens with one attached hydrogen (secondary N) is 1. The number of hydrogen-bond acceptors (Lipinski definition) is 2. The minimum Gasteiger partial charge on any atom is -0.374 e. The molecule has 0 aromatic heterocycles. The van der Waals surface area contributed by atoms with E-state index in [4.69, 9.17) is 0 Å². The second-order valence-electron chi connectivity index (χ2n) is 4.22. The molecule has 1 aliphatic heterocycles. The highest BCUT2D eigenvalue weighted by atomic mass is 19.1. The summed E-state index contributed by atoms with van der Waals surface area (Å²) >= 11 is 0. The van der Waals surface area contributed by atoms with Crippen molar-refractivity contribution in [3.63, 3.8) is 0 Å². The Labute approximate surface area is 90.1 Å². The van der Waals surface area contributed by atoms with Crippen LogP contribution in [0, 0.1) is 11.7 Å².